The van der Waals surface area contributed by atoms with Gasteiger partial charge in [-0.1, -0.05) is 6.92 Å². The fourth-order valence-corrected chi connectivity index (χ4v) is 2.84. The van der Waals surface area contributed by atoms with Crippen molar-refractivity contribution in [3.63, 3.8) is 0 Å². The number of carbonyl (C=O) groups is 1. The van der Waals surface area contributed by atoms with Gasteiger partial charge in [-0.25, -0.2) is 15.0 Å². The minimum Gasteiger partial charge on any atom is -0.475 e. The van der Waals surface area contributed by atoms with Crippen LogP contribution in [0, 0.1) is 0 Å². The van der Waals surface area contributed by atoms with Crippen LogP contribution in [0.15, 0.2) is 31.0 Å². The monoisotopic (exact) mass is 342 g/mol. The maximum absolute atomic E-state index is 12.5. The molecule has 0 N–H and O–H groups in total. The molecule has 8 nitrogen and oxygen atoms in total. The van der Waals surface area contributed by atoms with Gasteiger partial charge >= 0.3 is 0 Å². The molecule has 0 unspecified atom stereocenters. The van der Waals surface area contributed by atoms with Crippen LogP contribution in [0.25, 0.3) is 0 Å². The highest BCUT2D eigenvalue weighted by Gasteiger charge is 2.31. The zero-order valence-corrected chi connectivity index (χ0v) is 14.5. The Morgan fingerprint density at radius 2 is 2.08 bits per heavy atom. The standard InChI is InChI=1S/C17H22N6O2/c1-3-10-25-16-15(20-7-8-21-16)23-9-4-13(12-23)22(2)17(24)14-11-18-5-6-19-14/h5-8,11,13H,3-4,9-10,12H2,1-2H3/t13-/m1/s1. The van der Waals surface area contributed by atoms with Gasteiger partial charge in [0, 0.05) is 44.9 Å². The molecular weight excluding hydrogens is 320 g/mol. The average molecular weight is 342 g/mol. The van der Waals surface area contributed by atoms with Crippen molar-refractivity contribution in [1.82, 2.24) is 24.8 Å². The van der Waals surface area contributed by atoms with E-state index in [2.05, 4.69) is 31.8 Å². The molecule has 0 radical (unpaired) electrons. The van der Waals surface area contributed by atoms with E-state index in [0.717, 1.165) is 25.2 Å². The number of amides is 1. The summed E-state index contributed by atoms with van der Waals surface area (Å²) in [6.45, 7) is 4.14. The molecule has 2 aromatic rings. The molecule has 132 valence electrons. The Bertz CT molecular complexity index is 711. The lowest BCUT2D eigenvalue weighted by Crippen LogP contribution is -2.39. The van der Waals surface area contributed by atoms with Crippen molar-refractivity contribution in [1.29, 1.82) is 0 Å². The van der Waals surface area contributed by atoms with Gasteiger partial charge in [0.15, 0.2) is 5.82 Å². The fourth-order valence-electron chi connectivity index (χ4n) is 2.84. The maximum Gasteiger partial charge on any atom is 0.274 e. The molecule has 3 heterocycles. The minimum absolute atomic E-state index is 0.0792. The molecule has 8 heteroatoms. The molecule has 1 aliphatic rings. The molecule has 1 amide bonds. The molecule has 1 saturated heterocycles. The van der Waals surface area contributed by atoms with E-state index in [0.29, 0.717) is 24.7 Å². The molecule has 1 aliphatic heterocycles. The first kappa shape index (κ1) is 17.1. The fraction of sp³-hybridized carbons (Fsp3) is 0.471. The summed E-state index contributed by atoms with van der Waals surface area (Å²) in [5.41, 5.74) is 0.356. The van der Waals surface area contributed by atoms with E-state index >= 15 is 0 Å². The third kappa shape index (κ3) is 3.84. The van der Waals surface area contributed by atoms with E-state index in [9.17, 15) is 4.79 Å². The quantitative estimate of drug-likeness (QED) is 0.784. The van der Waals surface area contributed by atoms with Crippen LogP contribution in [0.3, 0.4) is 0 Å². The van der Waals surface area contributed by atoms with E-state index in [-0.39, 0.29) is 11.9 Å². The van der Waals surface area contributed by atoms with Crippen LogP contribution < -0.4 is 9.64 Å². The summed E-state index contributed by atoms with van der Waals surface area (Å²) in [4.78, 5) is 33.1. The second-order valence-electron chi connectivity index (χ2n) is 5.93. The van der Waals surface area contributed by atoms with Crippen LogP contribution in [-0.4, -0.2) is 63.5 Å². The van der Waals surface area contributed by atoms with Crippen molar-refractivity contribution in [2.75, 3.05) is 31.6 Å². The normalized spacial score (nSPS) is 16.7. The molecule has 2 aromatic heterocycles. The zero-order chi connectivity index (χ0) is 17.6. The minimum atomic E-state index is -0.124. The molecule has 0 aliphatic carbocycles. The summed E-state index contributed by atoms with van der Waals surface area (Å²) < 4.78 is 5.70. The number of nitrogens with zero attached hydrogens (tertiary/aromatic N) is 6. The van der Waals surface area contributed by atoms with Crippen molar-refractivity contribution < 1.29 is 9.53 Å². The van der Waals surface area contributed by atoms with Crippen LogP contribution in [0.2, 0.25) is 0 Å². The van der Waals surface area contributed by atoms with Crippen LogP contribution in [0.1, 0.15) is 30.3 Å². The Labute approximate surface area is 146 Å². The lowest BCUT2D eigenvalue weighted by atomic mass is 10.2. The number of anilines is 1. The third-order valence-corrected chi connectivity index (χ3v) is 4.20. The van der Waals surface area contributed by atoms with Crippen molar-refractivity contribution in [3.8, 4) is 5.88 Å². The maximum atomic E-state index is 12.5. The molecule has 0 aromatic carbocycles. The first-order chi connectivity index (χ1) is 12.2. The predicted molar refractivity (Wildman–Crippen MR) is 92.6 cm³/mol. The molecule has 25 heavy (non-hydrogen) atoms. The summed E-state index contributed by atoms with van der Waals surface area (Å²) >= 11 is 0. The van der Waals surface area contributed by atoms with Crippen LogP contribution in [0.5, 0.6) is 5.88 Å². The zero-order valence-electron chi connectivity index (χ0n) is 14.5. The van der Waals surface area contributed by atoms with Gasteiger partial charge in [-0.2, -0.15) is 0 Å². The topological polar surface area (TPSA) is 84.3 Å². The first-order valence-corrected chi connectivity index (χ1v) is 8.42. The van der Waals surface area contributed by atoms with E-state index in [1.807, 2.05) is 0 Å². The number of hydrogen-bond donors (Lipinski definition) is 0. The smallest absolute Gasteiger partial charge is 0.274 e. The number of rotatable bonds is 6. The second-order valence-corrected chi connectivity index (χ2v) is 5.93. The Hall–Kier alpha value is -2.77. The van der Waals surface area contributed by atoms with E-state index in [1.54, 1.807) is 30.5 Å². The van der Waals surface area contributed by atoms with Crippen molar-refractivity contribution >= 4 is 11.7 Å². The van der Waals surface area contributed by atoms with E-state index < -0.39 is 0 Å². The van der Waals surface area contributed by atoms with Gasteiger partial charge in [0.25, 0.3) is 11.8 Å². The van der Waals surface area contributed by atoms with Crippen molar-refractivity contribution in [2.45, 2.75) is 25.8 Å². The van der Waals surface area contributed by atoms with Crippen LogP contribution >= 0.6 is 0 Å². The SMILES string of the molecule is CCCOc1nccnc1N1CC[C@@H](N(C)C(=O)c2cnccn2)C1. The summed E-state index contributed by atoms with van der Waals surface area (Å²) in [7, 11) is 1.80. The van der Waals surface area contributed by atoms with E-state index in [4.69, 9.17) is 4.74 Å². The summed E-state index contributed by atoms with van der Waals surface area (Å²) in [6.07, 6.45) is 9.63. The highest BCUT2D eigenvalue weighted by molar-refractivity contribution is 5.92. The molecule has 0 spiro atoms. The number of carbonyl (C=O) groups excluding carboxylic acids is 1. The first-order valence-electron chi connectivity index (χ1n) is 8.42. The Morgan fingerprint density at radius 3 is 2.84 bits per heavy atom. The number of likely N-dealkylation sites (N-methyl/N-ethyl adjacent to an activating group) is 1. The van der Waals surface area contributed by atoms with Gasteiger partial charge in [0.05, 0.1) is 18.8 Å². The van der Waals surface area contributed by atoms with Gasteiger partial charge in [0.1, 0.15) is 5.69 Å². The average Bonchev–Trinajstić information content (AvgIpc) is 3.16. The van der Waals surface area contributed by atoms with E-state index in [1.165, 1.54) is 12.4 Å². The molecule has 3 rings (SSSR count). The number of aromatic nitrogens is 4. The Morgan fingerprint density at radius 1 is 1.28 bits per heavy atom. The number of ether oxygens (including phenoxy) is 1. The van der Waals surface area contributed by atoms with Crippen molar-refractivity contribution in [3.05, 3.63) is 36.7 Å². The Kier molecular flexibility index (Phi) is 5.37. The third-order valence-electron chi connectivity index (χ3n) is 4.20. The largest absolute Gasteiger partial charge is 0.475 e. The van der Waals surface area contributed by atoms with Gasteiger partial charge in [-0.3, -0.25) is 9.78 Å². The van der Waals surface area contributed by atoms with Gasteiger partial charge in [-0.15, -0.1) is 0 Å². The highest BCUT2D eigenvalue weighted by atomic mass is 16.5. The molecular formula is C17H22N6O2. The molecule has 1 atom stereocenters. The number of hydrogen-bond acceptors (Lipinski definition) is 7. The summed E-state index contributed by atoms with van der Waals surface area (Å²) in [6, 6.07) is 0.0792. The Balaban J connectivity index is 1.69. The summed E-state index contributed by atoms with van der Waals surface area (Å²) in [5.74, 6) is 1.16. The van der Waals surface area contributed by atoms with Gasteiger partial charge in [0.2, 0.25) is 0 Å². The predicted octanol–water partition coefficient (Wildman–Crippen LogP) is 1.41. The lowest BCUT2D eigenvalue weighted by Gasteiger charge is -2.25. The molecule has 1 fully saturated rings. The van der Waals surface area contributed by atoms with Crippen LogP contribution in [-0.2, 0) is 0 Å². The molecule has 0 saturated carbocycles. The summed E-state index contributed by atoms with van der Waals surface area (Å²) in [5, 5.41) is 0. The van der Waals surface area contributed by atoms with Gasteiger partial charge < -0.3 is 14.5 Å². The van der Waals surface area contributed by atoms with Crippen molar-refractivity contribution in [2.24, 2.45) is 0 Å². The lowest BCUT2D eigenvalue weighted by molar-refractivity contribution is 0.0738. The highest BCUT2D eigenvalue weighted by Crippen LogP contribution is 2.27. The molecule has 0 bridgehead atoms. The van der Waals surface area contributed by atoms with Gasteiger partial charge in [-0.05, 0) is 12.8 Å². The van der Waals surface area contributed by atoms with Crippen LogP contribution in [0.4, 0.5) is 5.82 Å². The second kappa shape index (κ2) is 7.87.